The van der Waals surface area contributed by atoms with E-state index in [0.717, 1.165) is 11.1 Å². The Bertz CT molecular complexity index is 726. The van der Waals surface area contributed by atoms with Crippen LogP contribution in [0, 0.1) is 11.8 Å². The first-order valence-corrected chi connectivity index (χ1v) is 6.51. The van der Waals surface area contributed by atoms with E-state index in [1.165, 1.54) is 23.2 Å². The molecule has 5 heteroatoms. The van der Waals surface area contributed by atoms with Gasteiger partial charge in [-0.15, -0.1) is 0 Å². The zero-order chi connectivity index (χ0) is 15.1. The van der Waals surface area contributed by atoms with E-state index in [2.05, 4.69) is 16.8 Å². The summed E-state index contributed by atoms with van der Waals surface area (Å²) in [4.78, 5) is 15.7. The smallest absolute Gasteiger partial charge is 0.253 e. The summed E-state index contributed by atoms with van der Waals surface area (Å²) >= 11 is 0. The van der Waals surface area contributed by atoms with Crippen LogP contribution in [0.4, 0.5) is 0 Å². The highest BCUT2D eigenvalue weighted by Gasteiger charge is 2.05. The van der Waals surface area contributed by atoms with Crippen molar-refractivity contribution in [1.82, 2.24) is 9.55 Å². The minimum atomic E-state index is -0.121. The van der Waals surface area contributed by atoms with Crippen LogP contribution in [0.25, 0.3) is 0 Å². The van der Waals surface area contributed by atoms with Gasteiger partial charge in [0.2, 0.25) is 0 Å². The molecular formula is C16H16N2O3. The highest BCUT2D eigenvalue weighted by molar-refractivity contribution is 5.44. The van der Waals surface area contributed by atoms with E-state index in [9.17, 15) is 4.79 Å². The van der Waals surface area contributed by atoms with Crippen LogP contribution >= 0.6 is 0 Å². The highest BCUT2D eigenvalue weighted by Crippen LogP contribution is 2.20. The lowest BCUT2D eigenvalue weighted by atomic mass is 10.1. The van der Waals surface area contributed by atoms with Crippen molar-refractivity contribution in [1.29, 1.82) is 0 Å². The van der Waals surface area contributed by atoms with Crippen molar-refractivity contribution < 1.29 is 9.84 Å². The van der Waals surface area contributed by atoms with Gasteiger partial charge in [-0.25, -0.2) is 4.98 Å². The van der Waals surface area contributed by atoms with E-state index < -0.39 is 0 Å². The number of hydrogen-bond acceptors (Lipinski definition) is 4. The predicted octanol–water partition coefficient (Wildman–Crippen LogP) is 1.03. The van der Waals surface area contributed by atoms with Gasteiger partial charge in [-0.2, -0.15) is 0 Å². The SMILES string of the molecule is COc1ccc(C#CCCO)cc1Cn1cnccc1=O. The Morgan fingerprint density at radius 3 is 2.95 bits per heavy atom. The van der Waals surface area contributed by atoms with Crippen molar-refractivity contribution in [3.05, 3.63) is 58.3 Å². The van der Waals surface area contributed by atoms with Crippen LogP contribution in [0.3, 0.4) is 0 Å². The second-order valence-electron chi connectivity index (χ2n) is 4.35. The summed E-state index contributed by atoms with van der Waals surface area (Å²) in [6.45, 7) is 0.409. The van der Waals surface area contributed by atoms with E-state index >= 15 is 0 Å². The molecule has 0 saturated heterocycles. The van der Waals surface area contributed by atoms with Gasteiger partial charge in [0.1, 0.15) is 5.75 Å². The molecule has 1 N–H and O–H groups in total. The molecule has 1 aromatic carbocycles. The van der Waals surface area contributed by atoms with E-state index in [1.807, 2.05) is 18.2 Å². The van der Waals surface area contributed by atoms with Crippen LogP contribution in [0.2, 0.25) is 0 Å². The third-order valence-electron chi connectivity index (χ3n) is 2.88. The second kappa shape index (κ2) is 7.27. The molecule has 0 saturated carbocycles. The molecule has 21 heavy (non-hydrogen) atoms. The maximum absolute atomic E-state index is 11.7. The molecule has 1 aromatic heterocycles. The molecular weight excluding hydrogens is 268 g/mol. The molecule has 0 aliphatic carbocycles. The Hall–Kier alpha value is -2.58. The van der Waals surface area contributed by atoms with Crippen molar-refractivity contribution >= 4 is 0 Å². The normalized spacial score (nSPS) is 9.81. The minimum Gasteiger partial charge on any atom is -0.496 e. The molecule has 0 bridgehead atoms. The molecule has 0 radical (unpaired) electrons. The summed E-state index contributed by atoms with van der Waals surface area (Å²) in [7, 11) is 1.59. The first kappa shape index (κ1) is 14.8. The number of aliphatic hydroxyl groups is 1. The fourth-order valence-electron chi connectivity index (χ4n) is 1.88. The number of rotatable bonds is 4. The number of aliphatic hydroxyl groups excluding tert-OH is 1. The number of hydrogen-bond donors (Lipinski definition) is 1. The summed E-state index contributed by atoms with van der Waals surface area (Å²) in [5, 5.41) is 8.74. The van der Waals surface area contributed by atoms with Crippen molar-refractivity contribution in [2.24, 2.45) is 0 Å². The monoisotopic (exact) mass is 284 g/mol. The molecule has 1 heterocycles. The van der Waals surface area contributed by atoms with E-state index in [4.69, 9.17) is 9.84 Å². The number of ether oxygens (including phenoxy) is 1. The average Bonchev–Trinajstić information content (AvgIpc) is 2.50. The summed E-state index contributed by atoms with van der Waals surface area (Å²) in [5.74, 6) is 6.53. The molecule has 0 amide bonds. The topological polar surface area (TPSA) is 64.3 Å². The predicted molar refractivity (Wildman–Crippen MR) is 79.2 cm³/mol. The summed E-state index contributed by atoms with van der Waals surface area (Å²) in [6, 6.07) is 6.96. The Morgan fingerprint density at radius 1 is 1.38 bits per heavy atom. The highest BCUT2D eigenvalue weighted by atomic mass is 16.5. The number of aromatic nitrogens is 2. The number of benzene rings is 1. The Morgan fingerprint density at radius 2 is 2.24 bits per heavy atom. The summed E-state index contributed by atoms with van der Waals surface area (Å²) in [6.07, 6.45) is 3.39. The molecule has 0 unspecified atom stereocenters. The summed E-state index contributed by atoms with van der Waals surface area (Å²) in [5.41, 5.74) is 1.54. The molecule has 2 aromatic rings. The first-order chi connectivity index (χ1) is 10.2. The molecule has 0 fully saturated rings. The van der Waals surface area contributed by atoms with Crippen LogP contribution in [0.1, 0.15) is 17.5 Å². The second-order valence-corrected chi connectivity index (χ2v) is 4.35. The van der Waals surface area contributed by atoms with Gasteiger partial charge in [0.25, 0.3) is 5.56 Å². The fraction of sp³-hybridized carbons (Fsp3) is 0.250. The fourth-order valence-corrected chi connectivity index (χ4v) is 1.88. The molecule has 2 rings (SSSR count). The molecule has 0 spiro atoms. The molecule has 108 valence electrons. The third kappa shape index (κ3) is 3.94. The lowest BCUT2D eigenvalue weighted by Gasteiger charge is -2.10. The number of methoxy groups -OCH3 is 1. The standard InChI is InChI=1S/C16H16N2O3/c1-21-15-6-5-13(4-2-3-9-19)10-14(15)11-18-12-17-8-7-16(18)20/h5-8,10,12,19H,3,9,11H2,1H3. The average molecular weight is 284 g/mol. The van der Waals surface area contributed by atoms with Gasteiger partial charge < -0.3 is 9.84 Å². The molecule has 0 aliphatic heterocycles. The Labute approximate surface area is 122 Å². The van der Waals surface area contributed by atoms with Gasteiger partial charge in [-0.3, -0.25) is 9.36 Å². The molecule has 5 nitrogen and oxygen atoms in total. The Kier molecular flexibility index (Phi) is 5.13. The van der Waals surface area contributed by atoms with E-state index in [-0.39, 0.29) is 12.2 Å². The van der Waals surface area contributed by atoms with Crippen LogP contribution in [-0.4, -0.2) is 28.4 Å². The van der Waals surface area contributed by atoms with Gasteiger partial charge in [-0.1, -0.05) is 11.8 Å². The van der Waals surface area contributed by atoms with Gasteiger partial charge >= 0.3 is 0 Å². The molecule has 0 atom stereocenters. The minimum absolute atomic E-state index is 0.0427. The van der Waals surface area contributed by atoms with Crippen LogP contribution in [0.5, 0.6) is 5.75 Å². The maximum Gasteiger partial charge on any atom is 0.253 e. The van der Waals surface area contributed by atoms with Gasteiger partial charge in [0.05, 0.1) is 26.6 Å². The number of nitrogens with zero attached hydrogens (tertiary/aromatic N) is 2. The van der Waals surface area contributed by atoms with Crippen LogP contribution < -0.4 is 10.3 Å². The zero-order valence-corrected chi connectivity index (χ0v) is 11.7. The van der Waals surface area contributed by atoms with E-state index in [1.54, 1.807) is 7.11 Å². The first-order valence-electron chi connectivity index (χ1n) is 6.51. The quantitative estimate of drug-likeness (QED) is 0.852. The largest absolute Gasteiger partial charge is 0.496 e. The lowest BCUT2D eigenvalue weighted by molar-refractivity contribution is 0.305. The lowest BCUT2D eigenvalue weighted by Crippen LogP contribution is -2.19. The van der Waals surface area contributed by atoms with Gasteiger partial charge in [-0.05, 0) is 18.2 Å². The van der Waals surface area contributed by atoms with Crippen LogP contribution in [0.15, 0.2) is 41.6 Å². The van der Waals surface area contributed by atoms with Crippen molar-refractivity contribution in [3.8, 4) is 17.6 Å². The van der Waals surface area contributed by atoms with Crippen molar-refractivity contribution in [2.75, 3.05) is 13.7 Å². The van der Waals surface area contributed by atoms with E-state index in [0.29, 0.717) is 18.7 Å². The third-order valence-corrected chi connectivity index (χ3v) is 2.88. The van der Waals surface area contributed by atoms with Gasteiger partial charge in [0, 0.05) is 29.8 Å². The zero-order valence-electron chi connectivity index (χ0n) is 11.7. The van der Waals surface area contributed by atoms with Crippen molar-refractivity contribution in [3.63, 3.8) is 0 Å². The maximum atomic E-state index is 11.7. The van der Waals surface area contributed by atoms with Crippen molar-refractivity contribution in [2.45, 2.75) is 13.0 Å². The molecule has 0 aliphatic rings. The summed E-state index contributed by atoms with van der Waals surface area (Å²) < 4.78 is 6.82. The van der Waals surface area contributed by atoms with Gasteiger partial charge in [0.15, 0.2) is 0 Å². The Balaban J connectivity index is 2.33. The van der Waals surface area contributed by atoms with Crippen LogP contribution in [-0.2, 0) is 6.54 Å².